The Hall–Kier alpha value is -0.610. The first-order chi connectivity index (χ1) is 8.13. The van der Waals surface area contributed by atoms with Crippen LogP contribution in [0.2, 0.25) is 5.02 Å². The zero-order valence-corrected chi connectivity index (χ0v) is 11.5. The molecular weight excluding hydrogens is 308 g/mol. The molecular formula is C12H12BrClFNO. The summed E-state index contributed by atoms with van der Waals surface area (Å²) in [5.74, 6) is -0.786. The van der Waals surface area contributed by atoms with Gasteiger partial charge in [-0.2, -0.15) is 0 Å². The van der Waals surface area contributed by atoms with Gasteiger partial charge in [-0.15, -0.1) is 0 Å². The molecule has 0 spiro atoms. The van der Waals surface area contributed by atoms with E-state index in [1.165, 1.54) is 18.2 Å². The molecule has 2 rings (SSSR count). The lowest BCUT2D eigenvalue weighted by Gasteiger charge is -2.23. The number of halogens is 3. The molecule has 1 heterocycles. The quantitative estimate of drug-likeness (QED) is 0.764. The van der Waals surface area contributed by atoms with Crippen LogP contribution in [0.5, 0.6) is 0 Å². The lowest BCUT2D eigenvalue weighted by molar-refractivity contribution is 0.0746. The van der Waals surface area contributed by atoms with E-state index in [1.54, 1.807) is 4.90 Å². The maximum absolute atomic E-state index is 13.6. The molecule has 1 saturated heterocycles. The van der Waals surface area contributed by atoms with E-state index >= 15 is 0 Å². The van der Waals surface area contributed by atoms with Crippen LogP contribution in [-0.2, 0) is 0 Å². The van der Waals surface area contributed by atoms with E-state index in [1.807, 2.05) is 0 Å². The summed E-state index contributed by atoms with van der Waals surface area (Å²) in [4.78, 5) is 13.9. The molecule has 0 radical (unpaired) electrons. The Morgan fingerprint density at radius 2 is 2.35 bits per heavy atom. The predicted molar refractivity (Wildman–Crippen MR) is 69.3 cm³/mol. The van der Waals surface area contributed by atoms with Gasteiger partial charge >= 0.3 is 0 Å². The number of benzene rings is 1. The third-order valence-electron chi connectivity index (χ3n) is 2.97. The zero-order valence-electron chi connectivity index (χ0n) is 9.13. The highest BCUT2D eigenvalue weighted by molar-refractivity contribution is 9.09. The summed E-state index contributed by atoms with van der Waals surface area (Å²) in [6, 6.07) is 4.22. The average molecular weight is 321 g/mol. The predicted octanol–water partition coefficient (Wildman–Crippen LogP) is 3.48. The van der Waals surface area contributed by atoms with Gasteiger partial charge in [-0.05, 0) is 31.0 Å². The second-order valence-electron chi connectivity index (χ2n) is 4.07. The molecule has 0 bridgehead atoms. The summed E-state index contributed by atoms with van der Waals surface area (Å²) < 4.78 is 13.6. The zero-order chi connectivity index (χ0) is 12.4. The van der Waals surface area contributed by atoms with Gasteiger partial charge < -0.3 is 4.90 Å². The number of carbonyl (C=O) groups is 1. The van der Waals surface area contributed by atoms with E-state index in [9.17, 15) is 9.18 Å². The molecule has 0 aliphatic carbocycles. The van der Waals surface area contributed by atoms with E-state index in [4.69, 9.17) is 11.6 Å². The molecule has 1 aliphatic rings. The molecule has 1 unspecified atom stereocenters. The number of alkyl halides is 1. The summed E-state index contributed by atoms with van der Waals surface area (Å²) in [5, 5.41) is 1.10. The maximum atomic E-state index is 13.6. The molecule has 1 aromatic carbocycles. The monoisotopic (exact) mass is 319 g/mol. The van der Waals surface area contributed by atoms with Crippen molar-refractivity contribution in [1.82, 2.24) is 4.90 Å². The van der Waals surface area contributed by atoms with Crippen molar-refractivity contribution in [3.63, 3.8) is 0 Å². The standard InChI is InChI=1S/C12H12BrClFNO/c13-7-9-2-1-5-16(9)12(17)10-6-8(14)3-4-11(10)15/h3-4,6,9H,1-2,5,7H2. The van der Waals surface area contributed by atoms with Crippen molar-refractivity contribution < 1.29 is 9.18 Å². The Morgan fingerprint density at radius 1 is 1.59 bits per heavy atom. The van der Waals surface area contributed by atoms with Gasteiger partial charge in [-0.1, -0.05) is 27.5 Å². The number of amides is 1. The average Bonchev–Trinajstić information content (AvgIpc) is 2.79. The van der Waals surface area contributed by atoms with Crippen LogP contribution in [0.25, 0.3) is 0 Å². The molecule has 2 nitrogen and oxygen atoms in total. The Morgan fingerprint density at radius 3 is 3.06 bits per heavy atom. The van der Waals surface area contributed by atoms with Crippen LogP contribution in [0.1, 0.15) is 23.2 Å². The molecule has 1 atom stereocenters. The molecule has 17 heavy (non-hydrogen) atoms. The minimum absolute atomic E-state index is 0.0605. The molecule has 92 valence electrons. The number of likely N-dealkylation sites (tertiary alicyclic amines) is 1. The largest absolute Gasteiger partial charge is 0.335 e. The van der Waals surface area contributed by atoms with Gasteiger partial charge in [0.15, 0.2) is 0 Å². The van der Waals surface area contributed by atoms with Gasteiger partial charge in [0.25, 0.3) is 5.91 Å². The van der Waals surface area contributed by atoms with Gasteiger partial charge in [0.2, 0.25) is 0 Å². The molecule has 1 aliphatic heterocycles. The van der Waals surface area contributed by atoms with Crippen molar-refractivity contribution in [1.29, 1.82) is 0 Å². The maximum Gasteiger partial charge on any atom is 0.257 e. The summed E-state index contributed by atoms with van der Waals surface area (Å²) in [7, 11) is 0. The van der Waals surface area contributed by atoms with Gasteiger partial charge in [-0.25, -0.2) is 4.39 Å². The van der Waals surface area contributed by atoms with E-state index in [0.717, 1.165) is 18.2 Å². The summed E-state index contributed by atoms with van der Waals surface area (Å²) in [6.07, 6.45) is 1.92. The smallest absolute Gasteiger partial charge is 0.257 e. The van der Waals surface area contributed by atoms with Crippen LogP contribution >= 0.6 is 27.5 Å². The van der Waals surface area contributed by atoms with Gasteiger partial charge in [0.05, 0.1) is 5.56 Å². The Kier molecular flexibility index (Phi) is 4.05. The lowest BCUT2D eigenvalue weighted by Crippen LogP contribution is -2.36. The Labute approximate surface area is 113 Å². The Balaban J connectivity index is 2.27. The van der Waals surface area contributed by atoms with Crippen LogP contribution in [0.15, 0.2) is 18.2 Å². The second-order valence-corrected chi connectivity index (χ2v) is 5.16. The van der Waals surface area contributed by atoms with Crippen LogP contribution < -0.4 is 0 Å². The van der Waals surface area contributed by atoms with Gasteiger partial charge in [0, 0.05) is 22.9 Å². The number of carbonyl (C=O) groups excluding carboxylic acids is 1. The first-order valence-electron chi connectivity index (χ1n) is 5.45. The van der Waals surface area contributed by atoms with Gasteiger partial charge in [0.1, 0.15) is 5.82 Å². The number of hydrogen-bond donors (Lipinski definition) is 0. The van der Waals surface area contributed by atoms with Crippen molar-refractivity contribution in [3.05, 3.63) is 34.6 Å². The van der Waals surface area contributed by atoms with Gasteiger partial charge in [-0.3, -0.25) is 4.79 Å². The van der Waals surface area contributed by atoms with Crippen molar-refractivity contribution in [3.8, 4) is 0 Å². The van der Waals surface area contributed by atoms with E-state index in [2.05, 4.69) is 15.9 Å². The SMILES string of the molecule is O=C(c1cc(Cl)ccc1F)N1CCCC1CBr. The molecule has 0 saturated carbocycles. The Bertz CT molecular complexity index is 441. The first-order valence-corrected chi connectivity index (χ1v) is 6.95. The fraction of sp³-hybridized carbons (Fsp3) is 0.417. The van der Waals surface area contributed by atoms with Crippen molar-refractivity contribution >= 4 is 33.4 Å². The van der Waals surface area contributed by atoms with E-state index < -0.39 is 5.82 Å². The molecule has 5 heteroatoms. The van der Waals surface area contributed by atoms with Crippen molar-refractivity contribution in [2.45, 2.75) is 18.9 Å². The molecule has 0 aromatic heterocycles. The second kappa shape index (κ2) is 5.36. The summed E-state index contributed by atoms with van der Waals surface area (Å²) in [5.41, 5.74) is 0.0605. The molecule has 1 amide bonds. The highest BCUT2D eigenvalue weighted by atomic mass is 79.9. The minimum atomic E-state index is -0.514. The third-order valence-corrected chi connectivity index (χ3v) is 3.96. The van der Waals surface area contributed by atoms with Crippen LogP contribution in [0.3, 0.4) is 0 Å². The molecule has 1 fully saturated rings. The highest BCUT2D eigenvalue weighted by Crippen LogP contribution is 2.24. The fourth-order valence-electron chi connectivity index (χ4n) is 2.08. The van der Waals surface area contributed by atoms with Crippen LogP contribution in [0.4, 0.5) is 4.39 Å². The molecule has 0 N–H and O–H groups in total. The summed E-state index contributed by atoms with van der Waals surface area (Å²) in [6.45, 7) is 0.682. The van der Waals surface area contributed by atoms with E-state index in [-0.39, 0.29) is 17.5 Å². The minimum Gasteiger partial charge on any atom is -0.335 e. The van der Waals surface area contributed by atoms with Crippen molar-refractivity contribution in [2.24, 2.45) is 0 Å². The van der Waals surface area contributed by atoms with Crippen molar-refractivity contribution in [2.75, 3.05) is 11.9 Å². The summed E-state index contributed by atoms with van der Waals surface area (Å²) >= 11 is 9.17. The number of rotatable bonds is 2. The molecule has 1 aromatic rings. The number of hydrogen-bond acceptors (Lipinski definition) is 1. The van der Waals surface area contributed by atoms with Crippen LogP contribution in [-0.4, -0.2) is 28.7 Å². The normalized spacial score (nSPS) is 19.7. The fourth-order valence-corrected chi connectivity index (χ4v) is 2.92. The third kappa shape index (κ3) is 2.63. The number of nitrogens with zero attached hydrogens (tertiary/aromatic N) is 1. The van der Waals surface area contributed by atoms with E-state index in [0.29, 0.717) is 11.6 Å². The highest BCUT2D eigenvalue weighted by Gasteiger charge is 2.29. The lowest BCUT2D eigenvalue weighted by atomic mass is 10.1. The topological polar surface area (TPSA) is 20.3 Å². The first kappa shape index (κ1) is 12.8. The van der Waals surface area contributed by atoms with Crippen LogP contribution in [0, 0.1) is 5.82 Å².